The van der Waals surface area contributed by atoms with Crippen molar-refractivity contribution in [2.75, 3.05) is 24.6 Å². The van der Waals surface area contributed by atoms with Crippen LogP contribution in [0.1, 0.15) is 35.7 Å². The molecule has 1 aliphatic heterocycles. The number of esters is 1. The van der Waals surface area contributed by atoms with Crippen LogP contribution >= 0.6 is 0 Å². The number of nitrogens with zero attached hydrogens (tertiary/aromatic N) is 2. The van der Waals surface area contributed by atoms with Gasteiger partial charge in [0.05, 0.1) is 17.7 Å². The molecule has 110 valence electrons. The number of pyridine rings is 1. The van der Waals surface area contributed by atoms with Gasteiger partial charge < -0.3 is 9.64 Å². The number of rotatable bonds is 3. The Labute approximate surface area is 124 Å². The molecule has 0 atom stereocenters. The fourth-order valence-corrected chi connectivity index (χ4v) is 2.90. The Morgan fingerprint density at radius 1 is 1.29 bits per heavy atom. The van der Waals surface area contributed by atoms with Crippen LogP contribution < -0.4 is 4.90 Å². The van der Waals surface area contributed by atoms with Crippen molar-refractivity contribution >= 4 is 22.6 Å². The first-order valence-electron chi connectivity index (χ1n) is 7.51. The number of benzene rings is 1. The third-order valence-electron chi connectivity index (χ3n) is 3.96. The number of fused-ring (bicyclic) bond motifs is 1. The van der Waals surface area contributed by atoms with Crippen LogP contribution in [0.3, 0.4) is 0 Å². The van der Waals surface area contributed by atoms with E-state index in [0.29, 0.717) is 12.2 Å². The van der Waals surface area contributed by atoms with Crippen LogP contribution in [0.5, 0.6) is 0 Å². The van der Waals surface area contributed by atoms with Crippen LogP contribution in [0.15, 0.2) is 24.4 Å². The van der Waals surface area contributed by atoms with Crippen molar-refractivity contribution in [3.8, 4) is 0 Å². The molecule has 1 aromatic heterocycles. The molecule has 1 saturated heterocycles. The number of carbonyl (C=O) groups is 1. The first-order valence-corrected chi connectivity index (χ1v) is 7.51. The summed E-state index contributed by atoms with van der Waals surface area (Å²) >= 11 is 0. The molecule has 1 fully saturated rings. The zero-order valence-corrected chi connectivity index (χ0v) is 12.6. The van der Waals surface area contributed by atoms with Gasteiger partial charge in [-0.15, -0.1) is 0 Å². The minimum absolute atomic E-state index is 0.312. The van der Waals surface area contributed by atoms with Gasteiger partial charge in [-0.1, -0.05) is 0 Å². The van der Waals surface area contributed by atoms with Crippen LogP contribution in [-0.2, 0) is 4.74 Å². The number of anilines is 1. The van der Waals surface area contributed by atoms with E-state index in [1.54, 1.807) is 13.1 Å². The highest BCUT2D eigenvalue weighted by molar-refractivity contribution is 5.94. The lowest BCUT2D eigenvalue weighted by Crippen LogP contribution is -2.18. The Bertz CT molecular complexity index is 676. The molecule has 0 N–H and O–H groups in total. The summed E-state index contributed by atoms with van der Waals surface area (Å²) in [6.45, 7) is 6.54. The second-order valence-corrected chi connectivity index (χ2v) is 5.47. The van der Waals surface area contributed by atoms with E-state index in [1.807, 2.05) is 6.07 Å². The molecular formula is C17H20N2O2. The largest absolute Gasteiger partial charge is 0.462 e. The number of aryl methyl sites for hydroxylation is 1. The lowest BCUT2D eigenvalue weighted by atomic mass is 10.1. The second kappa shape index (κ2) is 5.72. The van der Waals surface area contributed by atoms with Gasteiger partial charge in [0.15, 0.2) is 0 Å². The van der Waals surface area contributed by atoms with E-state index in [0.717, 1.165) is 24.0 Å². The molecule has 0 spiro atoms. The predicted molar refractivity (Wildman–Crippen MR) is 83.9 cm³/mol. The Hall–Kier alpha value is -2.10. The number of aromatic nitrogens is 1. The third kappa shape index (κ3) is 2.71. The van der Waals surface area contributed by atoms with E-state index in [1.165, 1.54) is 24.1 Å². The molecule has 0 amide bonds. The van der Waals surface area contributed by atoms with E-state index < -0.39 is 0 Å². The highest BCUT2D eigenvalue weighted by atomic mass is 16.5. The zero-order chi connectivity index (χ0) is 14.8. The molecule has 0 bridgehead atoms. The molecule has 0 saturated carbocycles. The topological polar surface area (TPSA) is 42.4 Å². The van der Waals surface area contributed by atoms with Gasteiger partial charge in [0, 0.05) is 30.4 Å². The average molecular weight is 284 g/mol. The Balaban J connectivity index is 1.99. The molecule has 2 aromatic rings. The summed E-state index contributed by atoms with van der Waals surface area (Å²) in [5.74, 6) is -0.312. The Morgan fingerprint density at radius 3 is 2.76 bits per heavy atom. The van der Waals surface area contributed by atoms with Crippen LogP contribution in [-0.4, -0.2) is 30.6 Å². The van der Waals surface area contributed by atoms with E-state index in [-0.39, 0.29) is 5.97 Å². The van der Waals surface area contributed by atoms with Crippen molar-refractivity contribution in [2.45, 2.75) is 26.7 Å². The normalized spacial score (nSPS) is 14.7. The van der Waals surface area contributed by atoms with Crippen molar-refractivity contribution in [2.24, 2.45) is 0 Å². The van der Waals surface area contributed by atoms with Crippen molar-refractivity contribution in [1.82, 2.24) is 4.98 Å². The molecule has 2 heterocycles. The molecule has 21 heavy (non-hydrogen) atoms. The van der Waals surface area contributed by atoms with Gasteiger partial charge in [0.2, 0.25) is 0 Å². The van der Waals surface area contributed by atoms with Crippen molar-refractivity contribution in [3.63, 3.8) is 0 Å². The minimum Gasteiger partial charge on any atom is -0.462 e. The summed E-state index contributed by atoms with van der Waals surface area (Å²) in [7, 11) is 0. The van der Waals surface area contributed by atoms with Gasteiger partial charge in [-0.3, -0.25) is 4.98 Å². The number of carbonyl (C=O) groups excluding carboxylic acids is 1. The molecule has 4 nitrogen and oxygen atoms in total. The standard InChI is InChI=1S/C17H20N2O2/c1-3-21-17(20)14-9-13-8-12(2)16(10-15(13)18-11-14)19-6-4-5-7-19/h8-11H,3-7H2,1-2H3. The number of hydrogen-bond donors (Lipinski definition) is 0. The molecular weight excluding hydrogens is 264 g/mol. The van der Waals surface area contributed by atoms with Crippen molar-refractivity contribution in [3.05, 3.63) is 35.5 Å². The van der Waals surface area contributed by atoms with Gasteiger partial charge in [-0.25, -0.2) is 4.79 Å². The summed E-state index contributed by atoms with van der Waals surface area (Å²) < 4.78 is 5.02. The van der Waals surface area contributed by atoms with Gasteiger partial charge in [0.25, 0.3) is 0 Å². The molecule has 0 radical (unpaired) electrons. The summed E-state index contributed by atoms with van der Waals surface area (Å²) in [4.78, 5) is 18.6. The first-order chi connectivity index (χ1) is 10.2. The smallest absolute Gasteiger partial charge is 0.339 e. The quantitative estimate of drug-likeness (QED) is 0.811. The van der Waals surface area contributed by atoms with Gasteiger partial charge in [0.1, 0.15) is 0 Å². The molecule has 1 aliphatic rings. The highest BCUT2D eigenvalue weighted by Gasteiger charge is 2.16. The van der Waals surface area contributed by atoms with E-state index in [9.17, 15) is 4.79 Å². The van der Waals surface area contributed by atoms with Crippen molar-refractivity contribution < 1.29 is 9.53 Å². The van der Waals surface area contributed by atoms with Crippen LogP contribution in [0, 0.1) is 6.92 Å². The predicted octanol–water partition coefficient (Wildman–Crippen LogP) is 3.32. The van der Waals surface area contributed by atoms with Crippen LogP contribution in [0.2, 0.25) is 0 Å². The minimum atomic E-state index is -0.312. The third-order valence-corrected chi connectivity index (χ3v) is 3.96. The van der Waals surface area contributed by atoms with Crippen LogP contribution in [0.4, 0.5) is 5.69 Å². The van der Waals surface area contributed by atoms with Gasteiger partial charge >= 0.3 is 5.97 Å². The maximum atomic E-state index is 11.8. The van der Waals surface area contributed by atoms with Gasteiger partial charge in [-0.2, -0.15) is 0 Å². The zero-order valence-electron chi connectivity index (χ0n) is 12.6. The summed E-state index contributed by atoms with van der Waals surface area (Å²) in [5, 5.41) is 0.987. The number of hydrogen-bond acceptors (Lipinski definition) is 4. The fourth-order valence-electron chi connectivity index (χ4n) is 2.90. The van der Waals surface area contributed by atoms with Crippen LogP contribution in [0.25, 0.3) is 10.9 Å². The summed E-state index contributed by atoms with van der Waals surface area (Å²) in [6.07, 6.45) is 4.11. The van der Waals surface area contributed by atoms with E-state index in [4.69, 9.17) is 4.74 Å². The molecule has 1 aromatic carbocycles. The SMILES string of the molecule is CCOC(=O)c1cnc2cc(N3CCCC3)c(C)cc2c1. The lowest BCUT2D eigenvalue weighted by Gasteiger charge is -2.20. The average Bonchev–Trinajstić information content (AvgIpc) is 3.00. The maximum Gasteiger partial charge on any atom is 0.339 e. The summed E-state index contributed by atoms with van der Waals surface area (Å²) in [6, 6.07) is 6.10. The number of ether oxygens (including phenoxy) is 1. The molecule has 0 unspecified atom stereocenters. The molecule has 0 aliphatic carbocycles. The second-order valence-electron chi connectivity index (χ2n) is 5.47. The first kappa shape index (κ1) is 13.9. The van der Waals surface area contributed by atoms with Gasteiger partial charge in [-0.05, 0) is 50.5 Å². The van der Waals surface area contributed by atoms with Crippen molar-refractivity contribution in [1.29, 1.82) is 0 Å². The van der Waals surface area contributed by atoms with E-state index >= 15 is 0 Å². The Morgan fingerprint density at radius 2 is 2.05 bits per heavy atom. The molecule has 3 rings (SSSR count). The Kier molecular flexibility index (Phi) is 3.78. The maximum absolute atomic E-state index is 11.8. The highest BCUT2D eigenvalue weighted by Crippen LogP contribution is 2.28. The lowest BCUT2D eigenvalue weighted by molar-refractivity contribution is 0.0526. The summed E-state index contributed by atoms with van der Waals surface area (Å²) in [5.41, 5.74) is 3.93. The molecule has 4 heteroatoms. The fraction of sp³-hybridized carbons (Fsp3) is 0.412. The van der Waals surface area contributed by atoms with E-state index in [2.05, 4.69) is 28.9 Å². The monoisotopic (exact) mass is 284 g/mol.